The summed E-state index contributed by atoms with van der Waals surface area (Å²) in [6.45, 7) is 1.19. The molecular formula is C7H15NO5S. The van der Waals surface area contributed by atoms with Crippen LogP contribution in [0.15, 0.2) is 0 Å². The van der Waals surface area contributed by atoms with E-state index in [0.29, 0.717) is 19.7 Å². The molecule has 0 aromatic carbocycles. The smallest absolute Gasteiger partial charge is 0.270 e. The van der Waals surface area contributed by atoms with Crippen molar-refractivity contribution in [2.75, 3.05) is 26.3 Å². The van der Waals surface area contributed by atoms with E-state index in [4.69, 9.17) is 14.4 Å². The fourth-order valence-corrected chi connectivity index (χ4v) is 2.44. The Hall–Kier alpha value is -0.210. The molecule has 1 heterocycles. The second-order valence-corrected chi connectivity index (χ2v) is 4.81. The number of hydrogen-bond donors (Lipinski definition) is 3. The Kier molecular flexibility index (Phi) is 4.27. The van der Waals surface area contributed by atoms with Gasteiger partial charge in [-0.25, -0.2) is 0 Å². The summed E-state index contributed by atoms with van der Waals surface area (Å²) in [5, 5.41) is 10.6. The fourth-order valence-electron chi connectivity index (χ4n) is 1.48. The third-order valence-corrected chi connectivity index (χ3v) is 3.47. The van der Waals surface area contributed by atoms with Gasteiger partial charge in [-0.3, -0.25) is 4.55 Å². The minimum atomic E-state index is -4.15. The topological polar surface area (TPSA) is 95.9 Å². The molecule has 1 saturated heterocycles. The molecule has 7 heteroatoms. The molecule has 3 N–H and O–H groups in total. The zero-order valence-electron chi connectivity index (χ0n) is 7.72. The van der Waals surface area contributed by atoms with Crippen molar-refractivity contribution in [2.45, 2.75) is 17.8 Å². The minimum Gasteiger partial charge on any atom is -0.396 e. The molecule has 2 unspecified atom stereocenters. The van der Waals surface area contributed by atoms with Gasteiger partial charge in [0.2, 0.25) is 0 Å². The van der Waals surface area contributed by atoms with Crippen LogP contribution in [0.2, 0.25) is 0 Å². The van der Waals surface area contributed by atoms with E-state index in [2.05, 4.69) is 5.32 Å². The summed E-state index contributed by atoms with van der Waals surface area (Å²) in [6.07, 6.45) is -0.587. The molecule has 6 nitrogen and oxygen atoms in total. The second-order valence-electron chi connectivity index (χ2n) is 3.18. The summed E-state index contributed by atoms with van der Waals surface area (Å²) in [6, 6.07) is 0. The lowest BCUT2D eigenvalue weighted by Gasteiger charge is -2.28. The normalized spacial score (nSPS) is 26.0. The highest BCUT2D eigenvalue weighted by atomic mass is 32.2. The number of hydrogen-bond acceptors (Lipinski definition) is 5. The predicted octanol–water partition coefficient (Wildman–Crippen LogP) is -1.39. The van der Waals surface area contributed by atoms with Gasteiger partial charge in [0.25, 0.3) is 10.1 Å². The van der Waals surface area contributed by atoms with Gasteiger partial charge in [-0.15, -0.1) is 0 Å². The van der Waals surface area contributed by atoms with Crippen LogP contribution in [-0.4, -0.2) is 55.7 Å². The predicted molar refractivity (Wildman–Crippen MR) is 49.6 cm³/mol. The van der Waals surface area contributed by atoms with Gasteiger partial charge in [0.15, 0.2) is 0 Å². The Morgan fingerprint density at radius 1 is 1.57 bits per heavy atom. The zero-order chi connectivity index (χ0) is 10.6. The number of nitrogens with one attached hydrogen (secondary N) is 1. The molecule has 0 radical (unpaired) electrons. The van der Waals surface area contributed by atoms with E-state index in [1.54, 1.807) is 0 Å². The summed E-state index contributed by atoms with van der Waals surface area (Å²) < 4.78 is 36.0. The molecule has 1 aliphatic heterocycles. The molecule has 0 saturated carbocycles. The first-order chi connectivity index (χ1) is 6.55. The van der Waals surface area contributed by atoms with Crippen LogP contribution >= 0.6 is 0 Å². The monoisotopic (exact) mass is 225 g/mol. The van der Waals surface area contributed by atoms with Crippen molar-refractivity contribution in [1.29, 1.82) is 0 Å². The van der Waals surface area contributed by atoms with Crippen molar-refractivity contribution < 1.29 is 22.8 Å². The fraction of sp³-hybridized carbons (Fsp3) is 1.00. The number of aliphatic hydroxyl groups is 1. The Bertz CT molecular complexity index is 259. The first kappa shape index (κ1) is 11.9. The summed E-state index contributed by atoms with van der Waals surface area (Å²) in [4.78, 5) is 0. The molecule has 84 valence electrons. The first-order valence-corrected chi connectivity index (χ1v) is 5.95. The Balaban J connectivity index is 2.66. The summed E-state index contributed by atoms with van der Waals surface area (Å²) >= 11 is 0. The van der Waals surface area contributed by atoms with E-state index >= 15 is 0 Å². The highest BCUT2D eigenvalue weighted by Crippen LogP contribution is 2.13. The minimum absolute atomic E-state index is 0.00875. The van der Waals surface area contributed by atoms with E-state index < -0.39 is 21.5 Å². The van der Waals surface area contributed by atoms with Crippen LogP contribution in [0.5, 0.6) is 0 Å². The van der Waals surface area contributed by atoms with Crippen molar-refractivity contribution in [1.82, 2.24) is 5.32 Å². The molecule has 0 spiro atoms. The Morgan fingerprint density at radius 3 is 2.71 bits per heavy atom. The van der Waals surface area contributed by atoms with E-state index in [1.165, 1.54) is 0 Å². The molecule has 0 aromatic rings. The van der Waals surface area contributed by atoms with E-state index in [1.807, 2.05) is 0 Å². The average Bonchev–Trinajstić information content (AvgIpc) is 2.14. The Labute approximate surface area is 83.0 Å². The lowest BCUT2D eigenvalue weighted by Crippen LogP contribution is -2.48. The van der Waals surface area contributed by atoms with Crippen molar-refractivity contribution in [3.8, 4) is 0 Å². The summed E-state index contributed by atoms with van der Waals surface area (Å²) in [5.41, 5.74) is 0. The highest BCUT2D eigenvalue weighted by molar-refractivity contribution is 7.86. The lowest BCUT2D eigenvalue weighted by atomic mass is 10.2. The van der Waals surface area contributed by atoms with Crippen molar-refractivity contribution in [2.24, 2.45) is 0 Å². The zero-order valence-corrected chi connectivity index (χ0v) is 8.53. The maximum Gasteiger partial charge on any atom is 0.270 e. The molecule has 1 rings (SSSR count). The summed E-state index contributed by atoms with van der Waals surface area (Å²) in [5.74, 6) is 0. The second kappa shape index (κ2) is 5.04. The van der Waals surface area contributed by atoms with Crippen LogP contribution in [0.25, 0.3) is 0 Å². The van der Waals surface area contributed by atoms with Crippen LogP contribution in [0, 0.1) is 0 Å². The molecular weight excluding hydrogens is 210 g/mol. The number of ether oxygens (including phenoxy) is 1. The largest absolute Gasteiger partial charge is 0.396 e. The van der Waals surface area contributed by atoms with Gasteiger partial charge in [-0.1, -0.05) is 0 Å². The lowest BCUT2D eigenvalue weighted by molar-refractivity contribution is 0.0208. The van der Waals surface area contributed by atoms with Gasteiger partial charge in [0.05, 0.1) is 12.7 Å². The van der Waals surface area contributed by atoms with Gasteiger partial charge >= 0.3 is 0 Å². The maximum atomic E-state index is 11.0. The van der Waals surface area contributed by atoms with Gasteiger partial charge in [0.1, 0.15) is 5.25 Å². The van der Waals surface area contributed by atoms with E-state index in [-0.39, 0.29) is 13.0 Å². The molecule has 1 fully saturated rings. The molecule has 0 aliphatic carbocycles. The number of aliphatic hydroxyl groups excluding tert-OH is 1. The highest BCUT2D eigenvalue weighted by Gasteiger charge is 2.33. The number of morpholine rings is 1. The van der Waals surface area contributed by atoms with Crippen molar-refractivity contribution in [3.63, 3.8) is 0 Å². The molecule has 1 aliphatic rings. The third-order valence-electron chi connectivity index (χ3n) is 2.17. The van der Waals surface area contributed by atoms with Crippen LogP contribution < -0.4 is 5.32 Å². The number of rotatable bonds is 4. The molecule has 2 atom stereocenters. The van der Waals surface area contributed by atoms with E-state index in [9.17, 15) is 8.42 Å². The van der Waals surface area contributed by atoms with Crippen LogP contribution in [0.3, 0.4) is 0 Å². The van der Waals surface area contributed by atoms with Gasteiger partial charge < -0.3 is 15.2 Å². The van der Waals surface area contributed by atoms with Crippen molar-refractivity contribution in [3.05, 3.63) is 0 Å². The van der Waals surface area contributed by atoms with Gasteiger partial charge in [0, 0.05) is 19.7 Å². The molecule has 0 amide bonds. The molecule has 14 heavy (non-hydrogen) atoms. The standard InChI is InChI=1S/C7H15NO5S/c9-3-1-7(14(10,11)12)6-5-8-2-4-13-6/h6-9H,1-5H2,(H,10,11,12). The SMILES string of the molecule is O=S(=O)(O)C(CCO)C1CNCCO1. The molecule has 0 aromatic heterocycles. The van der Waals surface area contributed by atoms with Gasteiger partial charge in [-0.2, -0.15) is 8.42 Å². The van der Waals surface area contributed by atoms with Crippen molar-refractivity contribution >= 4 is 10.1 Å². The average molecular weight is 225 g/mol. The third kappa shape index (κ3) is 3.18. The Morgan fingerprint density at radius 2 is 2.29 bits per heavy atom. The van der Waals surface area contributed by atoms with Crippen LogP contribution in [0.4, 0.5) is 0 Å². The van der Waals surface area contributed by atoms with Crippen LogP contribution in [0.1, 0.15) is 6.42 Å². The van der Waals surface area contributed by atoms with E-state index in [0.717, 1.165) is 0 Å². The maximum absolute atomic E-state index is 11.0. The van der Waals surface area contributed by atoms with Gasteiger partial charge in [-0.05, 0) is 6.42 Å². The first-order valence-electron chi connectivity index (χ1n) is 4.45. The molecule has 0 bridgehead atoms. The van der Waals surface area contributed by atoms with Crippen LogP contribution in [-0.2, 0) is 14.9 Å². The summed E-state index contributed by atoms with van der Waals surface area (Å²) in [7, 11) is -4.15. The quantitative estimate of drug-likeness (QED) is 0.510.